The molecule has 1 fully saturated rings. The Bertz CT molecular complexity index is 1060. The van der Waals surface area contributed by atoms with Gasteiger partial charge in [0.15, 0.2) is 0 Å². The molecule has 1 aliphatic heterocycles. The van der Waals surface area contributed by atoms with Gasteiger partial charge in [-0.25, -0.2) is 22.7 Å². The van der Waals surface area contributed by atoms with E-state index in [1.165, 1.54) is 18.2 Å². The number of aromatic nitrogens is 3. The zero-order chi connectivity index (χ0) is 21.7. The van der Waals surface area contributed by atoms with E-state index in [1.54, 1.807) is 13.0 Å². The molecule has 11 nitrogen and oxygen atoms in total. The molecule has 0 spiro atoms. The molecule has 2 aromatic rings. The average molecular weight is 455 g/mol. The van der Waals surface area contributed by atoms with Crippen LogP contribution in [0.3, 0.4) is 0 Å². The second-order valence-corrected chi connectivity index (χ2v) is 8.25. The van der Waals surface area contributed by atoms with E-state index in [0.717, 1.165) is 12.8 Å². The fourth-order valence-corrected chi connectivity index (χ4v) is 4.16. The number of carbonyl (C=O) groups excluding carboxylic acids is 2. The zero-order valence-electron chi connectivity index (χ0n) is 16.0. The van der Waals surface area contributed by atoms with Crippen LogP contribution in [0.15, 0.2) is 29.2 Å². The van der Waals surface area contributed by atoms with Gasteiger partial charge in [0.05, 0.1) is 11.6 Å². The number of hydrogen-bond acceptors (Lipinski definition) is 9. The van der Waals surface area contributed by atoms with Crippen molar-refractivity contribution in [2.75, 3.05) is 29.9 Å². The molecule has 3 rings (SSSR count). The number of carbonyl (C=O) groups is 2. The van der Waals surface area contributed by atoms with Gasteiger partial charge >= 0.3 is 12.0 Å². The third kappa shape index (κ3) is 5.13. The molecule has 0 aliphatic carbocycles. The number of ether oxygens (including phenoxy) is 1. The van der Waals surface area contributed by atoms with E-state index in [4.69, 9.17) is 16.3 Å². The number of amides is 2. The zero-order valence-corrected chi connectivity index (χ0v) is 17.5. The highest BCUT2D eigenvalue weighted by Crippen LogP contribution is 2.20. The lowest BCUT2D eigenvalue weighted by atomic mass is 10.4. The number of nitrogens with zero attached hydrogens (tertiary/aromatic N) is 4. The summed E-state index contributed by atoms with van der Waals surface area (Å²) in [5, 5.41) is 2.18. The Hall–Kier alpha value is -2.99. The minimum Gasteiger partial charge on any atom is -0.460 e. The fraction of sp³-hybridized carbons (Fsp3) is 0.353. The van der Waals surface area contributed by atoms with Gasteiger partial charge in [0.1, 0.15) is 4.90 Å². The van der Waals surface area contributed by atoms with Crippen molar-refractivity contribution in [1.82, 2.24) is 19.7 Å². The molecule has 1 aromatic carbocycles. The predicted molar refractivity (Wildman–Crippen MR) is 108 cm³/mol. The van der Waals surface area contributed by atoms with E-state index in [9.17, 15) is 18.0 Å². The summed E-state index contributed by atoms with van der Waals surface area (Å²) in [4.78, 5) is 38.0. The number of benzene rings is 1. The monoisotopic (exact) mass is 454 g/mol. The molecule has 2 amide bonds. The molecule has 30 heavy (non-hydrogen) atoms. The van der Waals surface area contributed by atoms with Crippen molar-refractivity contribution >= 4 is 45.5 Å². The molecule has 0 bridgehead atoms. The molecule has 160 valence electrons. The van der Waals surface area contributed by atoms with Crippen molar-refractivity contribution in [2.45, 2.75) is 24.7 Å². The number of anilines is 2. The molecule has 0 saturated carbocycles. The second-order valence-electron chi connectivity index (χ2n) is 6.19. The first-order chi connectivity index (χ1) is 14.3. The number of halogens is 1. The van der Waals surface area contributed by atoms with Gasteiger partial charge in [0.2, 0.25) is 17.7 Å². The predicted octanol–water partition coefficient (Wildman–Crippen LogP) is 1.81. The van der Waals surface area contributed by atoms with Gasteiger partial charge in [-0.2, -0.15) is 15.0 Å². The minimum absolute atomic E-state index is 0.0427. The Morgan fingerprint density at radius 3 is 2.53 bits per heavy atom. The summed E-state index contributed by atoms with van der Waals surface area (Å²) in [5.41, 5.74) is 0. The summed E-state index contributed by atoms with van der Waals surface area (Å²) in [6, 6.07) is 4.55. The third-order valence-corrected chi connectivity index (χ3v) is 5.88. The van der Waals surface area contributed by atoms with E-state index in [1.807, 2.05) is 9.62 Å². The van der Waals surface area contributed by atoms with Gasteiger partial charge in [0, 0.05) is 13.1 Å². The van der Waals surface area contributed by atoms with Gasteiger partial charge in [-0.3, -0.25) is 5.32 Å². The maximum Gasteiger partial charge on any atom is 0.376 e. The van der Waals surface area contributed by atoms with Crippen LogP contribution in [0, 0.1) is 0 Å². The molecule has 0 radical (unpaired) electrons. The number of esters is 1. The Morgan fingerprint density at radius 1 is 1.17 bits per heavy atom. The van der Waals surface area contributed by atoms with Gasteiger partial charge in [-0.05, 0) is 31.9 Å². The third-order valence-electron chi connectivity index (χ3n) is 4.05. The fourth-order valence-electron chi connectivity index (χ4n) is 2.73. The number of sulfonamides is 1. The molecular formula is C17H19ClN6O5S. The van der Waals surface area contributed by atoms with Crippen LogP contribution in [0.1, 0.15) is 30.4 Å². The lowest BCUT2D eigenvalue weighted by molar-refractivity contribution is 0.0511. The Balaban J connectivity index is 1.83. The van der Waals surface area contributed by atoms with Crippen molar-refractivity contribution in [1.29, 1.82) is 0 Å². The van der Waals surface area contributed by atoms with Crippen LogP contribution in [0.4, 0.5) is 16.7 Å². The summed E-state index contributed by atoms with van der Waals surface area (Å²) in [5.74, 6) is -1.18. The quantitative estimate of drug-likeness (QED) is 0.624. The molecule has 2 heterocycles. The van der Waals surface area contributed by atoms with Gasteiger partial charge in [-0.1, -0.05) is 23.7 Å². The molecule has 0 atom stereocenters. The highest BCUT2D eigenvalue weighted by Gasteiger charge is 2.24. The van der Waals surface area contributed by atoms with E-state index >= 15 is 0 Å². The second kappa shape index (κ2) is 9.22. The van der Waals surface area contributed by atoms with Gasteiger partial charge in [0.25, 0.3) is 10.0 Å². The number of hydrogen-bond donors (Lipinski definition) is 2. The minimum atomic E-state index is -4.24. The lowest BCUT2D eigenvalue weighted by Gasteiger charge is -2.16. The summed E-state index contributed by atoms with van der Waals surface area (Å²) in [6.45, 7) is 3.10. The van der Waals surface area contributed by atoms with E-state index in [-0.39, 0.29) is 34.2 Å². The molecular weight excluding hydrogens is 436 g/mol. The van der Waals surface area contributed by atoms with Crippen LogP contribution in [-0.4, -0.2) is 55.1 Å². The van der Waals surface area contributed by atoms with Crippen LogP contribution >= 0.6 is 11.6 Å². The van der Waals surface area contributed by atoms with Crippen LogP contribution in [0.5, 0.6) is 0 Å². The normalized spacial score (nSPS) is 13.7. The Morgan fingerprint density at radius 2 is 1.87 bits per heavy atom. The maximum atomic E-state index is 12.4. The van der Waals surface area contributed by atoms with E-state index < -0.39 is 22.0 Å². The SMILES string of the molecule is CCOC(=O)c1nc(NC(=O)NS(=O)(=O)c2ccccc2Cl)nc(N2CCCC2)n1. The molecule has 13 heteroatoms. The first-order valence-electron chi connectivity index (χ1n) is 9.06. The lowest BCUT2D eigenvalue weighted by Crippen LogP contribution is -2.35. The topological polar surface area (TPSA) is 143 Å². The molecule has 1 saturated heterocycles. The van der Waals surface area contributed by atoms with Crippen molar-refractivity contribution in [3.05, 3.63) is 35.1 Å². The van der Waals surface area contributed by atoms with Crippen molar-refractivity contribution in [3.63, 3.8) is 0 Å². The average Bonchev–Trinajstić information content (AvgIpc) is 3.22. The van der Waals surface area contributed by atoms with E-state index in [0.29, 0.717) is 13.1 Å². The van der Waals surface area contributed by atoms with Crippen LogP contribution in [0.25, 0.3) is 0 Å². The smallest absolute Gasteiger partial charge is 0.376 e. The molecule has 1 aliphatic rings. The summed E-state index contributed by atoms with van der Waals surface area (Å²) in [7, 11) is -4.24. The van der Waals surface area contributed by atoms with Crippen molar-refractivity contribution in [2.24, 2.45) is 0 Å². The highest BCUT2D eigenvalue weighted by atomic mass is 35.5. The van der Waals surface area contributed by atoms with Crippen LogP contribution in [-0.2, 0) is 14.8 Å². The van der Waals surface area contributed by atoms with Crippen LogP contribution < -0.4 is 14.9 Å². The van der Waals surface area contributed by atoms with Crippen LogP contribution in [0.2, 0.25) is 5.02 Å². The number of nitrogens with one attached hydrogen (secondary N) is 2. The first kappa shape index (κ1) is 21.7. The Labute approximate surface area is 177 Å². The number of rotatable bonds is 6. The summed E-state index contributed by atoms with van der Waals surface area (Å²) in [6.07, 6.45) is 1.86. The van der Waals surface area contributed by atoms with Gasteiger partial charge < -0.3 is 9.64 Å². The van der Waals surface area contributed by atoms with Crippen molar-refractivity contribution in [3.8, 4) is 0 Å². The first-order valence-corrected chi connectivity index (χ1v) is 10.9. The highest BCUT2D eigenvalue weighted by molar-refractivity contribution is 7.90. The molecule has 1 aromatic heterocycles. The standard InChI is InChI=1S/C17H19ClN6O5S/c1-2-29-14(25)13-19-15(21-16(20-13)24-9-5-6-10-24)22-17(26)23-30(27,28)12-8-4-3-7-11(12)18/h3-4,7-8H,2,5-6,9-10H2,1H3,(H2,19,20,21,22,23,26). The largest absolute Gasteiger partial charge is 0.460 e. The molecule has 2 N–H and O–H groups in total. The molecule has 0 unspecified atom stereocenters. The Kier molecular flexibility index (Phi) is 6.67. The summed E-state index contributed by atoms with van der Waals surface area (Å²) < 4.78 is 31.5. The maximum absolute atomic E-state index is 12.4. The van der Waals surface area contributed by atoms with Crippen molar-refractivity contribution < 1.29 is 22.7 Å². The van der Waals surface area contributed by atoms with Gasteiger partial charge in [-0.15, -0.1) is 0 Å². The number of urea groups is 1. The summed E-state index contributed by atoms with van der Waals surface area (Å²) >= 11 is 5.89. The van der Waals surface area contributed by atoms with E-state index in [2.05, 4.69) is 20.3 Å².